The molecular formula is C32H35N5O5S. The van der Waals surface area contributed by atoms with E-state index in [-0.39, 0.29) is 48.5 Å². The predicted octanol–water partition coefficient (Wildman–Crippen LogP) is 4.10. The molecule has 10 nitrogen and oxygen atoms in total. The molecule has 4 aromatic rings. The summed E-state index contributed by atoms with van der Waals surface area (Å²) in [5.74, 6) is 0.425. The van der Waals surface area contributed by atoms with E-state index in [2.05, 4.69) is 29.0 Å². The third kappa shape index (κ3) is 6.24. The fraction of sp³-hybridized carbons (Fsp3) is 0.375. The van der Waals surface area contributed by atoms with Gasteiger partial charge < -0.3 is 19.7 Å². The molecule has 0 saturated carbocycles. The zero-order valence-corrected chi connectivity index (χ0v) is 25.4. The maximum atomic E-state index is 13.2. The van der Waals surface area contributed by atoms with Gasteiger partial charge in [0.2, 0.25) is 0 Å². The lowest BCUT2D eigenvalue weighted by atomic mass is 10.0. The number of amides is 1. The Labute approximate surface area is 251 Å². The normalized spacial score (nSPS) is 19.9. The lowest BCUT2D eigenvalue weighted by Crippen LogP contribution is -2.45. The third-order valence-corrected chi connectivity index (χ3v) is 9.56. The molecule has 1 fully saturated rings. The number of pyridine rings is 3. The van der Waals surface area contributed by atoms with Gasteiger partial charge in [0.05, 0.1) is 65.2 Å². The Morgan fingerprint density at radius 2 is 1.84 bits per heavy atom. The van der Waals surface area contributed by atoms with Gasteiger partial charge in [0.1, 0.15) is 5.82 Å². The van der Waals surface area contributed by atoms with Gasteiger partial charge in [0.25, 0.3) is 5.91 Å². The maximum Gasteiger partial charge on any atom is 0.251 e. The lowest BCUT2D eigenvalue weighted by Gasteiger charge is -2.36. The van der Waals surface area contributed by atoms with Crippen molar-refractivity contribution in [2.75, 3.05) is 30.3 Å². The zero-order chi connectivity index (χ0) is 30.1. The number of rotatable bonds is 6. The van der Waals surface area contributed by atoms with Crippen LogP contribution in [0.25, 0.3) is 22.3 Å². The molecule has 0 radical (unpaired) electrons. The van der Waals surface area contributed by atoms with Crippen molar-refractivity contribution in [3.05, 3.63) is 77.1 Å². The van der Waals surface area contributed by atoms with E-state index < -0.39 is 9.84 Å². The quantitative estimate of drug-likeness (QED) is 0.348. The molecule has 6 rings (SSSR count). The molecule has 0 spiro atoms. The second-order valence-corrected chi connectivity index (χ2v) is 13.2. The number of nitrogens with zero attached hydrogens (tertiary/aromatic N) is 4. The lowest BCUT2D eigenvalue weighted by molar-refractivity contribution is -0.00545. The van der Waals surface area contributed by atoms with Crippen LogP contribution >= 0.6 is 0 Å². The fourth-order valence-corrected chi connectivity index (χ4v) is 7.15. The van der Waals surface area contributed by atoms with Gasteiger partial charge in [-0.2, -0.15) is 0 Å². The van der Waals surface area contributed by atoms with Crippen molar-refractivity contribution in [3.63, 3.8) is 0 Å². The van der Waals surface area contributed by atoms with Crippen molar-refractivity contribution < 1.29 is 22.7 Å². The van der Waals surface area contributed by atoms with Crippen LogP contribution in [0.5, 0.6) is 0 Å². The Balaban J connectivity index is 1.21. The first-order chi connectivity index (χ1) is 20.7. The summed E-state index contributed by atoms with van der Waals surface area (Å²) in [6.45, 7) is 8.16. The smallest absolute Gasteiger partial charge is 0.251 e. The Morgan fingerprint density at radius 3 is 2.63 bits per heavy atom. The first-order valence-electron chi connectivity index (χ1n) is 14.6. The number of carbonyl (C=O) groups is 1. The number of hydrogen-bond acceptors (Lipinski definition) is 9. The van der Waals surface area contributed by atoms with Crippen molar-refractivity contribution in [2.24, 2.45) is 0 Å². The number of morpholine rings is 1. The van der Waals surface area contributed by atoms with Crippen LogP contribution in [0, 0.1) is 0 Å². The molecule has 3 aromatic heterocycles. The number of sulfone groups is 1. The molecule has 224 valence electrons. The summed E-state index contributed by atoms with van der Waals surface area (Å²) in [5.41, 5.74) is 4.63. The number of anilines is 1. The van der Waals surface area contributed by atoms with Crippen molar-refractivity contribution in [3.8, 4) is 11.4 Å². The molecule has 0 aliphatic carbocycles. The van der Waals surface area contributed by atoms with E-state index in [1.54, 1.807) is 12.3 Å². The van der Waals surface area contributed by atoms with E-state index in [0.29, 0.717) is 23.2 Å². The van der Waals surface area contributed by atoms with Crippen LogP contribution in [0.3, 0.4) is 0 Å². The number of hydrogen-bond donors (Lipinski definition) is 1. The first-order valence-corrected chi connectivity index (χ1v) is 16.2. The third-order valence-electron chi connectivity index (χ3n) is 7.82. The van der Waals surface area contributed by atoms with Gasteiger partial charge in [-0.15, -0.1) is 0 Å². The minimum Gasteiger partial charge on any atom is -0.376 e. The monoisotopic (exact) mass is 601 g/mol. The van der Waals surface area contributed by atoms with E-state index in [1.807, 2.05) is 43.3 Å². The molecule has 1 N–H and O–H groups in total. The van der Waals surface area contributed by atoms with E-state index in [4.69, 9.17) is 19.4 Å². The Hall–Kier alpha value is -3.93. The number of aromatic nitrogens is 3. The van der Waals surface area contributed by atoms with E-state index in [0.717, 1.165) is 46.8 Å². The SMILES string of the molecule is CCc1cc(C(=O)NCc2cc3nc(-c4cccc(N5C[C@@H](C)O[C@@H](C)C5)n4)ccc3cn2)cc2c1COCCS2(=O)=O. The highest BCUT2D eigenvalue weighted by molar-refractivity contribution is 7.91. The Morgan fingerprint density at radius 1 is 1.05 bits per heavy atom. The molecule has 11 heteroatoms. The first kappa shape index (κ1) is 29.2. The number of aryl methyl sites for hydroxylation is 1. The van der Waals surface area contributed by atoms with E-state index >= 15 is 0 Å². The predicted molar refractivity (Wildman–Crippen MR) is 164 cm³/mol. The van der Waals surface area contributed by atoms with Crippen LogP contribution in [0.1, 0.15) is 48.0 Å². The van der Waals surface area contributed by atoms with Gasteiger partial charge in [0.15, 0.2) is 9.84 Å². The minimum atomic E-state index is -3.54. The molecule has 1 amide bonds. The summed E-state index contributed by atoms with van der Waals surface area (Å²) in [4.78, 5) is 29.9. The Kier molecular flexibility index (Phi) is 8.13. The second-order valence-electron chi connectivity index (χ2n) is 11.1. The van der Waals surface area contributed by atoms with E-state index in [9.17, 15) is 13.2 Å². The molecule has 0 bridgehead atoms. The fourth-order valence-electron chi connectivity index (χ4n) is 5.72. The molecule has 1 aromatic carbocycles. The van der Waals surface area contributed by atoms with Crippen LogP contribution < -0.4 is 10.2 Å². The summed E-state index contributed by atoms with van der Waals surface area (Å²) in [6.07, 6.45) is 2.59. The summed E-state index contributed by atoms with van der Waals surface area (Å²) in [7, 11) is -3.54. The van der Waals surface area contributed by atoms with Gasteiger partial charge >= 0.3 is 0 Å². The topological polar surface area (TPSA) is 124 Å². The highest BCUT2D eigenvalue weighted by Gasteiger charge is 2.26. The van der Waals surface area contributed by atoms with Crippen molar-refractivity contribution in [2.45, 2.75) is 57.4 Å². The molecule has 2 atom stereocenters. The van der Waals surface area contributed by atoms with Crippen LogP contribution in [-0.2, 0) is 38.9 Å². The molecule has 43 heavy (non-hydrogen) atoms. The molecular weight excluding hydrogens is 566 g/mol. The van der Waals surface area contributed by atoms with Crippen LogP contribution in [0.4, 0.5) is 5.82 Å². The molecule has 0 unspecified atom stereocenters. The van der Waals surface area contributed by atoms with E-state index in [1.165, 1.54) is 6.07 Å². The van der Waals surface area contributed by atoms with Gasteiger partial charge in [-0.1, -0.05) is 13.0 Å². The summed E-state index contributed by atoms with van der Waals surface area (Å²) in [6, 6.07) is 14.9. The van der Waals surface area contributed by atoms with Gasteiger partial charge in [-0.25, -0.2) is 18.4 Å². The minimum absolute atomic E-state index is 0.102. The summed E-state index contributed by atoms with van der Waals surface area (Å²) < 4.78 is 37.1. The average molecular weight is 602 g/mol. The van der Waals surface area contributed by atoms with Crippen LogP contribution in [0.15, 0.2) is 59.6 Å². The van der Waals surface area contributed by atoms with Crippen molar-refractivity contribution in [1.82, 2.24) is 20.3 Å². The highest BCUT2D eigenvalue weighted by Crippen LogP contribution is 2.28. The number of ether oxygens (including phenoxy) is 2. The van der Waals surface area contributed by atoms with Crippen LogP contribution in [-0.4, -0.2) is 66.9 Å². The van der Waals surface area contributed by atoms with Gasteiger partial charge in [-0.3, -0.25) is 9.78 Å². The molecule has 2 aliphatic heterocycles. The maximum absolute atomic E-state index is 13.2. The van der Waals surface area contributed by atoms with Gasteiger partial charge in [-0.05, 0) is 73.9 Å². The zero-order valence-electron chi connectivity index (χ0n) is 24.5. The summed E-state index contributed by atoms with van der Waals surface area (Å²) in [5, 5.41) is 3.77. The number of benzene rings is 1. The largest absolute Gasteiger partial charge is 0.376 e. The van der Waals surface area contributed by atoms with Gasteiger partial charge in [0, 0.05) is 30.2 Å². The van der Waals surface area contributed by atoms with Crippen molar-refractivity contribution in [1.29, 1.82) is 0 Å². The molecule has 2 aliphatic rings. The molecule has 1 saturated heterocycles. The van der Waals surface area contributed by atoms with Crippen LogP contribution in [0.2, 0.25) is 0 Å². The highest BCUT2D eigenvalue weighted by atomic mass is 32.2. The number of fused-ring (bicyclic) bond motifs is 2. The average Bonchev–Trinajstić information content (AvgIpc) is 3.16. The Bertz CT molecular complexity index is 1780. The standard InChI is InChI=1S/C32H35N5O5S/c1-4-22-12-24(13-30-26(22)19-41-10-11-43(30,39)40)32(38)34-16-25-14-29-23(15-33-25)8-9-28(35-29)27-6-5-7-31(36-27)37-17-20(2)42-21(3)18-37/h5-9,12-15,20-21H,4,10-11,16-19H2,1-3H3,(H,34,38)/t20-,21+. The summed E-state index contributed by atoms with van der Waals surface area (Å²) >= 11 is 0. The number of carbonyl (C=O) groups excluding carboxylic acids is 1. The van der Waals surface area contributed by atoms with Crippen molar-refractivity contribution >= 4 is 32.5 Å². The number of nitrogens with one attached hydrogen (secondary N) is 1. The molecule has 5 heterocycles. The second kappa shape index (κ2) is 12.0.